The lowest BCUT2D eigenvalue weighted by molar-refractivity contribution is 0.692. The molecular weight excluding hydrogens is 182 g/mol. The van der Waals surface area contributed by atoms with Crippen molar-refractivity contribution in [2.45, 2.75) is 5.92 Å². The minimum Gasteiger partial charge on any atom is -0.399 e. The summed E-state index contributed by atoms with van der Waals surface area (Å²) in [6, 6.07) is 6.16. The van der Waals surface area contributed by atoms with Crippen molar-refractivity contribution in [2.24, 2.45) is 5.92 Å². The molecule has 0 saturated heterocycles. The van der Waals surface area contributed by atoms with Crippen LogP contribution in [0.4, 0.5) is 5.69 Å². The fraction of sp³-hybridized carbons (Fsp3) is 0.143. The molecule has 1 aromatic carbocycles. The van der Waals surface area contributed by atoms with Gasteiger partial charge in [0, 0.05) is 17.5 Å². The fourth-order valence-electron chi connectivity index (χ4n) is 2.37. The van der Waals surface area contributed by atoms with Crippen molar-refractivity contribution in [1.82, 2.24) is 0 Å². The molecule has 1 heteroatoms. The Kier molecular flexibility index (Phi) is 1.78. The van der Waals surface area contributed by atoms with Crippen molar-refractivity contribution in [2.75, 3.05) is 5.73 Å². The van der Waals surface area contributed by atoms with E-state index in [-0.39, 0.29) is 0 Å². The molecule has 0 amide bonds. The third-order valence-electron chi connectivity index (χ3n) is 3.15. The average molecular weight is 195 g/mol. The number of nitrogen functional groups attached to an aromatic ring is 1. The second-order valence-electron chi connectivity index (χ2n) is 4.12. The van der Waals surface area contributed by atoms with Crippen LogP contribution in [0.1, 0.15) is 17.0 Å². The Bertz CT molecular complexity index is 480. The lowest BCUT2D eigenvalue weighted by Crippen LogP contribution is -2.13. The molecule has 1 aromatic rings. The molecule has 2 N–H and O–H groups in total. The Morgan fingerprint density at radius 3 is 2.80 bits per heavy atom. The second-order valence-corrected chi connectivity index (χ2v) is 4.12. The van der Waals surface area contributed by atoms with Gasteiger partial charge < -0.3 is 5.73 Å². The van der Waals surface area contributed by atoms with Crippen molar-refractivity contribution >= 4 is 11.8 Å². The van der Waals surface area contributed by atoms with Crippen LogP contribution in [0.5, 0.6) is 0 Å². The van der Waals surface area contributed by atoms with Gasteiger partial charge in [0.2, 0.25) is 0 Å². The average Bonchev–Trinajstić information content (AvgIpc) is 2.29. The number of nitrogens with two attached hydrogens (primary N) is 1. The van der Waals surface area contributed by atoms with Crippen LogP contribution in [0.2, 0.25) is 0 Å². The molecule has 74 valence electrons. The summed E-state index contributed by atoms with van der Waals surface area (Å²) in [6.45, 7) is 0. The fourth-order valence-corrected chi connectivity index (χ4v) is 2.37. The highest BCUT2D eigenvalue weighted by Crippen LogP contribution is 2.38. The Labute approximate surface area is 89.6 Å². The van der Waals surface area contributed by atoms with Gasteiger partial charge in [-0.05, 0) is 23.3 Å². The maximum absolute atomic E-state index is 5.84. The van der Waals surface area contributed by atoms with Gasteiger partial charge in [-0.3, -0.25) is 0 Å². The molecule has 1 nitrogen and oxygen atoms in total. The van der Waals surface area contributed by atoms with Crippen molar-refractivity contribution < 1.29 is 0 Å². The van der Waals surface area contributed by atoms with Gasteiger partial charge in [0.15, 0.2) is 0 Å². The molecule has 0 heterocycles. The molecule has 0 aromatic heterocycles. The van der Waals surface area contributed by atoms with Gasteiger partial charge in [0.1, 0.15) is 0 Å². The third kappa shape index (κ3) is 1.32. The maximum atomic E-state index is 5.84. The Hall–Kier alpha value is -1.76. The highest BCUT2D eigenvalue weighted by molar-refractivity contribution is 5.64. The van der Waals surface area contributed by atoms with Gasteiger partial charge >= 0.3 is 0 Å². The molecule has 2 aliphatic carbocycles. The molecule has 0 aliphatic heterocycles. The first-order chi connectivity index (χ1) is 7.34. The number of benzene rings is 1. The zero-order valence-electron chi connectivity index (χ0n) is 8.43. The number of allylic oxidation sites excluding steroid dienone is 5. The molecule has 2 atom stereocenters. The predicted octanol–water partition coefficient (Wildman–Crippen LogP) is 3.12. The largest absolute Gasteiger partial charge is 0.399 e. The van der Waals surface area contributed by atoms with Crippen molar-refractivity contribution in [3.63, 3.8) is 0 Å². The minimum absolute atomic E-state index is 0.471. The van der Waals surface area contributed by atoms with E-state index in [2.05, 4.69) is 48.6 Å². The highest BCUT2D eigenvalue weighted by Gasteiger charge is 2.23. The van der Waals surface area contributed by atoms with E-state index in [1.54, 1.807) is 0 Å². The lowest BCUT2D eigenvalue weighted by atomic mass is 9.77. The number of rotatable bonds is 0. The van der Waals surface area contributed by atoms with Gasteiger partial charge in [-0.15, -0.1) is 0 Å². The van der Waals surface area contributed by atoms with E-state index < -0.39 is 0 Å². The van der Waals surface area contributed by atoms with Crippen LogP contribution in [-0.2, 0) is 0 Å². The summed E-state index contributed by atoms with van der Waals surface area (Å²) in [5.74, 6) is 0.975. The van der Waals surface area contributed by atoms with Gasteiger partial charge in [-0.2, -0.15) is 0 Å². The first-order valence-electron chi connectivity index (χ1n) is 5.27. The minimum atomic E-state index is 0.471. The summed E-state index contributed by atoms with van der Waals surface area (Å²) in [6.07, 6.45) is 13.2. The van der Waals surface area contributed by atoms with E-state index >= 15 is 0 Å². The number of fused-ring (bicyclic) bond motifs is 3. The lowest BCUT2D eigenvalue weighted by Gasteiger charge is -2.27. The predicted molar refractivity (Wildman–Crippen MR) is 64.4 cm³/mol. The van der Waals surface area contributed by atoms with E-state index in [4.69, 9.17) is 5.73 Å². The molecule has 0 saturated carbocycles. The maximum Gasteiger partial charge on any atom is 0.0317 e. The normalized spacial score (nSPS) is 26.1. The number of anilines is 1. The zero-order chi connectivity index (χ0) is 10.3. The van der Waals surface area contributed by atoms with Crippen LogP contribution < -0.4 is 5.73 Å². The standard InChI is InChI=1S/C14H13N/c15-12-8-7-11-6-5-10-3-1-2-4-13(10)14(11)9-12/h1-10,13H,15H2. The second kappa shape index (κ2) is 3.13. The molecule has 15 heavy (non-hydrogen) atoms. The Balaban J connectivity index is 2.16. The van der Waals surface area contributed by atoms with Gasteiger partial charge in [-0.25, -0.2) is 0 Å². The van der Waals surface area contributed by atoms with Crippen molar-refractivity contribution in [1.29, 1.82) is 0 Å². The van der Waals surface area contributed by atoms with E-state index in [1.807, 2.05) is 6.07 Å². The molecule has 0 spiro atoms. The summed E-state index contributed by atoms with van der Waals surface area (Å²) < 4.78 is 0. The van der Waals surface area contributed by atoms with Crippen LogP contribution in [0.15, 0.2) is 48.6 Å². The summed E-state index contributed by atoms with van der Waals surface area (Å²) >= 11 is 0. The van der Waals surface area contributed by atoms with Crippen LogP contribution in [0.25, 0.3) is 6.08 Å². The topological polar surface area (TPSA) is 26.0 Å². The summed E-state index contributed by atoms with van der Waals surface area (Å²) in [5, 5.41) is 0. The first-order valence-corrected chi connectivity index (χ1v) is 5.27. The zero-order valence-corrected chi connectivity index (χ0v) is 8.43. The third-order valence-corrected chi connectivity index (χ3v) is 3.15. The smallest absolute Gasteiger partial charge is 0.0317 e. The van der Waals surface area contributed by atoms with E-state index in [1.165, 1.54) is 11.1 Å². The van der Waals surface area contributed by atoms with Crippen LogP contribution in [0, 0.1) is 5.92 Å². The quantitative estimate of drug-likeness (QED) is 0.632. The van der Waals surface area contributed by atoms with Crippen molar-refractivity contribution in [3.05, 3.63) is 59.7 Å². The molecular formula is C14H13N. The summed E-state index contributed by atoms with van der Waals surface area (Å²) in [5.41, 5.74) is 9.34. The Morgan fingerprint density at radius 2 is 1.87 bits per heavy atom. The molecule has 0 bridgehead atoms. The highest BCUT2D eigenvalue weighted by atomic mass is 14.5. The van der Waals surface area contributed by atoms with Gasteiger partial charge in [0.05, 0.1) is 0 Å². The van der Waals surface area contributed by atoms with Crippen LogP contribution in [-0.4, -0.2) is 0 Å². The summed E-state index contributed by atoms with van der Waals surface area (Å²) in [7, 11) is 0. The number of hydrogen-bond acceptors (Lipinski definition) is 1. The molecule has 3 rings (SSSR count). The van der Waals surface area contributed by atoms with E-state index in [0.717, 1.165) is 5.69 Å². The van der Waals surface area contributed by atoms with Crippen LogP contribution >= 0.6 is 0 Å². The summed E-state index contributed by atoms with van der Waals surface area (Å²) in [4.78, 5) is 0. The Morgan fingerprint density at radius 1 is 1.00 bits per heavy atom. The molecule has 2 aliphatic rings. The van der Waals surface area contributed by atoms with E-state index in [0.29, 0.717) is 11.8 Å². The van der Waals surface area contributed by atoms with Crippen LogP contribution in [0.3, 0.4) is 0 Å². The monoisotopic (exact) mass is 195 g/mol. The molecule has 0 radical (unpaired) electrons. The number of hydrogen-bond donors (Lipinski definition) is 1. The van der Waals surface area contributed by atoms with Gasteiger partial charge in [0.25, 0.3) is 0 Å². The van der Waals surface area contributed by atoms with E-state index in [9.17, 15) is 0 Å². The first kappa shape index (κ1) is 8.54. The molecule has 0 fully saturated rings. The van der Waals surface area contributed by atoms with Crippen molar-refractivity contribution in [3.8, 4) is 0 Å². The molecule has 2 unspecified atom stereocenters. The van der Waals surface area contributed by atoms with Gasteiger partial charge in [-0.1, -0.05) is 42.5 Å². The SMILES string of the molecule is Nc1ccc2c(c1)C1C=CC=CC1C=C2.